The highest BCUT2D eigenvalue weighted by Crippen LogP contribution is 2.38. The molecule has 0 aromatic heterocycles. The Kier molecular flexibility index (Phi) is 5.79. The maximum atomic E-state index is 11.8. The lowest BCUT2D eigenvalue weighted by molar-refractivity contribution is -0.151. The molecule has 1 heterocycles. The number of hydrogen-bond acceptors (Lipinski definition) is 3. The molecule has 3 N–H and O–H groups in total. The number of nitrogens with one attached hydrogen (secondary N) is 2. The molecule has 2 fully saturated rings. The number of aliphatic carboxylic acids is 1. The molecule has 2 amide bonds. The van der Waals surface area contributed by atoms with E-state index in [1.54, 1.807) is 0 Å². The van der Waals surface area contributed by atoms with Gasteiger partial charge in [0.2, 0.25) is 0 Å². The Morgan fingerprint density at radius 2 is 1.95 bits per heavy atom. The fourth-order valence-corrected chi connectivity index (χ4v) is 4.36. The first kappa shape index (κ1) is 16.5. The monoisotopic (exact) mass is 314 g/mol. The number of carbonyl (C=O) groups excluding carboxylic acids is 1. The summed E-state index contributed by atoms with van der Waals surface area (Å²) in [4.78, 5) is 23.4. The summed E-state index contributed by atoms with van der Waals surface area (Å²) < 4.78 is 0. The minimum Gasteiger partial charge on any atom is -0.481 e. The lowest BCUT2D eigenvalue weighted by Gasteiger charge is -2.35. The highest BCUT2D eigenvalue weighted by Gasteiger charge is 2.41. The zero-order valence-electron chi connectivity index (χ0n) is 12.7. The largest absolute Gasteiger partial charge is 0.481 e. The maximum absolute atomic E-state index is 11.8. The standard InChI is InChI=1S/C15H26N2O3S/c1-11-2-5-15(6-3-11,13(18)19)10-17-14(20)16-8-12-4-7-21-9-12/h11-12H,2-10H2,1H3,(H,18,19)(H2,16,17,20). The van der Waals surface area contributed by atoms with E-state index < -0.39 is 11.4 Å². The third-order valence-electron chi connectivity index (χ3n) is 4.85. The average Bonchev–Trinajstić information content (AvgIpc) is 2.98. The van der Waals surface area contributed by atoms with Gasteiger partial charge in [0, 0.05) is 13.1 Å². The van der Waals surface area contributed by atoms with Crippen LogP contribution in [0, 0.1) is 17.3 Å². The molecule has 0 aromatic rings. The van der Waals surface area contributed by atoms with Crippen LogP contribution in [0.15, 0.2) is 0 Å². The smallest absolute Gasteiger partial charge is 0.314 e. The number of hydrogen-bond donors (Lipinski definition) is 3. The molecule has 120 valence electrons. The third-order valence-corrected chi connectivity index (χ3v) is 6.08. The number of rotatable bonds is 5. The molecule has 1 saturated carbocycles. The molecule has 0 bridgehead atoms. The van der Waals surface area contributed by atoms with Crippen LogP contribution < -0.4 is 10.6 Å². The lowest BCUT2D eigenvalue weighted by atomic mass is 9.71. The van der Waals surface area contributed by atoms with Gasteiger partial charge in [-0.05, 0) is 55.4 Å². The first-order valence-corrected chi connectivity index (χ1v) is 9.00. The van der Waals surface area contributed by atoms with Crippen molar-refractivity contribution in [2.75, 3.05) is 24.6 Å². The number of amides is 2. The van der Waals surface area contributed by atoms with Gasteiger partial charge in [0.25, 0.3) is 0 Å². The van der Waals surface area contributed by atoms with Crippen molar-refractivity contribution >= 4 is 23.8 Å². The summed E-state index contributed by atoms with van der Waals surface area (Å²) in [7, 11) is 0. The van der Waals surface area contributed by atoms with Crippen LogP contribution in [-0.4, -0.2) is 41.7 Å². The van der Waals surface area contributed by atoms with Crippen LogP contribution in [0.3, 0.4) is 0 Å². The van der Waals surface area contributed by atoms with Crippen LogP contribution in [-0.2, 0) is 4.79 Å². The predicted molar refractivity (Wildman–Crippen MR) is 84.5 cm³/mol. The fourth-order valence-electron chi connectivity index (χ4n) is 3.07. The van der Waals surface area contributed by atoms with Crippen molar-refractivity contribution in [1.82, 2.24) is 10.6 Å². The second kappa shape index (κ2) is 7.38. The highest BCUT2D eigenvalue weighted by molar-refractivity contribution is 7.99. The Hall–Kier alpha value is -0.910. The van der Waals surface area contributed by atoms with Crippen LogP contribution in [0.1, 0.15) is 39.0 Å². The fraction of sp³-hybridized carbons (Fsp3) is 0.867. The summed E-state index contributed by atoms with van der Waals surface area (Å²) in [5.41, 5.74) is -0.771. The SMILES string of the molecule is CC1CCC(CNC(=O)NCC2CCSC2)(C(=O)O)CC1. The predicted octanol–water partition coefficient (Wildman–Crippen LogP) is 2.32. The number of urea groups is 1. The van der Waals surface area contributed by atoms with Gasteiger partial charge in [0.15, 0.2) is 0 Å². The number of carbonyl (C=O) groups is 2. The van der Waals surface area contributed by atoms with Crippen LogP contribution >= 0.6 is 11.8 Å². The van der Waals surface area contributed by atoms with E-state index >= 15 is 0 Å². The van der Waals surface area contributed by atoms with Crippen LogP contribution in [0.2, 0.25) is 0 Å². The van der Waals surface area contributed by atoms with Crippen molar-refractivity contribution < 1.29 is 14.7 Å². The molecular formula is C15H26N2O3S. The van der Waals surface area contributed by atoms with Gasteiger partial charge in [-0.2, -0.15) is 11.8 Å². The quantitative estimate of drug-likeness (QED) is 0.728. The van der Waals surface area contributed by atoms with Gasteiger partial charge in [-0.25, -0.2) is 4.79 Å². The summed E-state index contributed by atoms with van der Waals surface area (Å²) in [6, 6.07) is -0.230. The molecule has 1 saturated heterocycles. The van der Waals surface area contributed by atoms with Gasteiger partial charge < -0.3 is 15.7 Å². The van der Waals surface area contributed by atoms with Crippen LogP contribution in [0.5, 0.6) is 0 Å². The van der Waals surface area contributed by atoms with Crippen molar-refractivity contribution in [3.63, 3.8) is 0 Å². The Labute approximate surface area is 130 Å². The Morgan fingerprint density at radius 1 is 1.24 bits per heavy atom. The van der Waals surface area contributed by atoms with E-state index in [-0.39, 0.29) is 12.6 Å². The van der Waals surface area contributed by atoms with Crippen molar-refractivity contribution in [1.29, 1.82) is 0 Å². The van der Waals surface area contributed by atoms with Gasteiger partial charge in [-0.3, -0.25) is 4.79 Å². The molecule has 0 spiro atoms. The van der Waals surface area contributed by atoms with Gasteiger partial charge in [0.1, 0.15) is 0 Å². The first-order valence-electron chi connectivity index (χ1n) is 7.85. The summed E-state index contributed by atoms with van der Waals surface area (Å²) in [6.07, 6.45) is 4.32. The molecule has 21 heavy (non-hydrogen) atoms. The number of thioether (sulfide) groups is 1. The number of carboxylic acid groups (broad SMARTS) is 1. The second-order valence-corrected chi connectivity index (χ2v) is 7.71. The molecule has 2 rings (SSSR count). The lowest BCUT2D eigenvalue weighted by Crippen LogP contribution is -2.48. The zero-order chi connectivity index (χ0) is 15.3. The van der Waals surface area contributed by atoms with E-state index in [9.17, 15) is 14.7 Å². The zero-order valence-corrected chi connectivity index (χ0v) is 13.5. The Morgan fingerprint density at radius 3 is 2.52 bits per heavy atom. The normalized spacial score (nSPS) is 32.6. The van der Waals surface area contributed by atoms with Crippen LogP contribution in [0.4, 0.5) is 4.79 Å². The first-order chi connectivity index (χ1) is 10.0. The molecule has 0 radical (unpaired) electrons. The maximum Gasteiger partial charge on any atom is 0.314 e. The van der Waals surface area contributed by atoms with Crippen molar-refractivity contribution in [3.05, 3.63) is 0 Å². The Balaban J connectivity index is 1.76. The van der Waals surface area contributed by atoms with Crippen LogP contribution in [0.25, 0.3) is 0 Å². The Bertz CT molecular complexity index is 375. The topological polar surface area (TPSA) is 78.4 Å². The summed E-state index contributed by atoms with van der Waals surface area (Å²) in [6.45, 7) is 3.09. The summed E-state index contributed by atoms with van der Waals surface area (Å²) in [5.74, 6) is 2.66. The third kappa shape index (κ3) is 4.53. The molecule has 1 aliphatic heterocycles. The molecule has 6 heteroatoms. The van der Waals surface area contributed by atoms with Crippen molar-refractivity contribution in [2.24, 2.45) is 17.3 Å². The molecule has 1 atom stereocenters. The molecule has 2 aliphatic rings. The van der Waals surface area contributed by atoms with Crippen molar-refractivity contribution in [3.8, 4) is 0 Å². The van der Waals surface area contributed by atoms with E-state index in [0.717, 1.165) is 25.0 Å². The average molecular weight is 314 g/mol. The summed E-state index contributed by atoms with van der Waals surface area (Å²) in [5, 5.41) is 15.2. The molecule has 5 nitrogen and oxygen atoms in total. The molecule has 0 aromatic carbocycles. The number of carboxylic acids is 1. The molecule has 1 unspecified atom stereocenters. The summed E-state index contributed by atoms with van der Waals surface area (Å²) >= 11 is 1.92. The van der Waals surface area contributed by atoms with Crippen molar-refractivity contribution in [2.45, 2.75) is 39.0 Å². The van der Waals surface area contributed by atoms with Gasteiger partial charge in [-0.15, -0.1) is 0 Å². The van der Waals surface area contributed by atoms with Gasteiger partial charge in [-0.1, -0.05) is 6.92 Å². The second-order valence-electron chi connectivity index (χ2n) is 6.56. The molecule has 1 aliphatic carbocycles. The van der Waals surface area contributed by atoms with E-state index in [4.69, 9.17) is 0 Å². The van der Waals surface area contributed by atoms with E-state index in [0.29, 0.717) is 31.2 Å². The van der Waals surface area contributed by atoms with E-state index in [1.807, 2.05) is 11.8 Å². The minimum absolute atomic E-state index is 0.230. The highest BCUT2D eigenvalue weighted by atomic mass is 32.2. The van der Waals surface area contributed by atoms with Gasteiger partial charge >= 0.3 is 12.0 Å². The van der Waals surface area contributed by atoms with E-state index in [2.05, 4.69) is 17.6 Å². The minimum atomic E-state index is -0.776. The van der Waals surface area contributed by atoms with Gasteiger partial charge in [0.05, 0.1) is 5.41 Å². The van der Waals surface area contributed by atoms with E-state index in [1.165, 1.54) is 5.75 Å². The molecular weight excluding hydrogens is 288 g/mol.